The zero-order valence-corrected chi connectivity index (χ0v) is 17.3. The van der Waals surface area contributed by atoms with Crippen LogP contribution in [0.3, 0.4) is 0 Å². The molecule has 32 heavy (non-hydrogen) atoms. The monoisotopic (exact) mass is 435 g/mol. The van der Waals surface area contributed by atoms with Crippen molar-refractivity contribution in [1.29, 1.82) is 0 Å². The predicted molar refractivity (Wildman–Crippen MR) is 115 cm³/mol. The van der Waals surface area contributed by atoms with Crippen LogP contribution in [-0.2, 0) is 9.59 Å². The van der Waals surface area contributed by atoms with E-state index < -0.39 is 35.1 Å². The molecule has 3 aromatic rings. The van der Waals surface area contributed by atoms with Crippen LogP contribution in [0.4, 0.5) is 14.5 Å². The Kier molecular flexibility index (Phi) is 5.48. The first kappa shape index (κ1) is 21.2. The summed E-state index contributed by atoms with van der Waals surface area (Å²) in [6, 6.07) is 14.7. The summed E-state index contributed by atoms with van der Waals surface area (Å²) < 4.78 is 33.7. The fourth-order valence-electron chi connectivity index (χ4n) is 3.78. The molecule has 1 saturated heterocycles. The van der Waals surface area contributed by atoms with Gasteiger partial charge in [-0.1, -0.05) is 18.2 Å². The standard InChI is InChI=1S/C25H19F2NO4/c1-14-13-15(7-12-19(14)26)23(29)21-22(18-5-3-4-6-20(18)27)28(25(31)24(21)30)16-8-10-17(32-2)11-9-16/h3-13,22,29H,1-2H3/b23-21+. The quantitative estimate of drug-likeness (QED) is 0.359. The number of ketones is 1. The summed E-state index contributed by atoms with van der Waals surface area (Å²) in [5.41, 5.74) is 0.499. The molecule has 1 fully saturated rings. The van der Waals surface area contributed by atoms with E-state index in [1.165, 1.54) is 44.4 Å². The van der Waals surface area contributed by atoms with Crippen molar-refractivity contribution in [2.45, 2.75) is 13.0 Å². The van der Waals surface area contributed by atoms with E-state index in [-0.39, 0.29) is 22.3 Å². The van der Waals surface area contributed by atoms with Crippen molar-refractivity contribution in [3.8, 4) is 5.75 Å². The topological polar surface area (TPSA) is 66.8 Å². The zero-order valence-electron chi connectivity index (χ0n) is 17.3. The van der Waals surface area contributed by atoms with Gasteiger partial charge in [-0.3, -0.25) is 14.5 Å². The van der Waals surface area contributed by atoms with Gasteiger partial charge in [0.1, 0.15) is 23.1 Å². The van der Waals surface area contributed by atoms with Crippen molar-refractivity contribution in [3.63, 3.8) is 0 Å². The molecule has 1 aliphatic heterocycles. The first-order chi connectivity index (χ1) is 15.3. The van der Waals surface area contributed by atoms with Crippen LogP contribution in [0.2, 0.25) is 0 Å². The van der Waals surface area contributed by atoms with Gasteiger partial charge in [0, 0.05) is 16.8 Å². The molecule has 162 valence electrons. The third-order valence-electron chi connectivity index (χ3n) is 5.43. The van der Waals surface area contributed by atoms with E-state index in [9.17, 15) is 23.5 Å². The highest BCUT2D eigenvalue weighted by molar-refractivity contribution is 6.51. The van der Waals surface area contributed by atoms with Gasteiger partial charge in [0.05, 0.1) is 18.7 Å². The Morgan fingerprint density at radius 2 is 1.66 bits per heavy atom. The van der Waals surface area contributed by atoms with Gasteiger partial charge in [-0.15, -0.1) is 0 Å². The molecular weight excluding hydrogens is 416 g/mol. The Hall–Kier alpha value is -4.00. The van der Waals surface area contributed by atoms with E-state index in [2.05, 4.69) is 0 Å². The van der Waals surface area contributed by atoms with E-state index in [1.807, 2.05) is 0 Å². The number of hydrogen-bond donors (Lipinski definition) is 1. The number of aliphatic hydroxyl groups excluding tert-OH is 1. The molecule has 0 radical (unpaired) electrons. The lowest BCUT2D eigenvalue weighted by Gasteiger charge is -2.26. The summed E-state index contributed by atoms with van der Waals surface area (Å²) in [6.07, 6.45) is 0. The number of ether oxygens (including phenoxy) is 1. The SMILES string of the molecule is COc1ccc(N2C(=O)C(=O)/C(=C(/O)c3ccc(F)c(C)c3)C2c2ccccc2F)cc1. The van der Waals surface area contributed by atoms with E-state index in [4.69, 9.17) is 4.74 Å². The Labute approximate surface area is 183 Å². The third-order valence-corrected chi connectivity index (χ3v) is 5.43. The number of anilines is 1. The maximum Gasteiger partial charge on any atom is 0.300 e. The molecule has 4 rings (SSSR count). The molecule has 1 unspecified atom stereocenters. The van der Waals surface area contributed by atoms with Gasteiger partial charge in [0.2, 0.25) is 0 Å². The highest BCUT2D eigenvalue weighted by Crippen LogP contribution is 2.43. The minimum absolute atomic E-state index is 0.0444. The molecule has 0 aliphatic carbocycles. The summed E-state index contributed by atoms with van der Waals surface area (Å²) in [5.74, 6) is -2.97. The lowest BCUT2D eigenvalue weighted by molar-refractivity contribution is -0.132. The van der Waals surface area contributed by atoms with Gasteiger partial charge in [0.15, 0.2) is 0 Å². The summed E-state index contributed by atoms with van der Waals surface area (Å²) in [5, 5.41) is 11.0. The van der Waals surface area contributed by atoms with Crippen molar-refractivity contribution < 1.29 is 28.2 Å². The van der Waals surface area contributed by atoms with Crippen LogP contribution in [0.25, 0.3) is 5.76 Å². The van der Waals surface area contributed by atoms with Crippen LogP contribution in [0.1, 0.15) is 22.7 Å². The molecule has 0 aromatic heterocycles. The number of rotatable bonds is 4. The average molecular weight is 435 g/mol. The Morgan fingerprint density at radius 3 is 2.28 bits per heavy atom. The van der Waals surface area contributed by atoms with Crippen molar-refractivity contribution in [2.75, 3.05) is 12.0 Å². The molecule has 1 amide bonds. The lowest BCUT2D eigenvalue weighted by Crippen LogP contribution is -2.29. The van der Waals surface area contributed by atoms with Gasteiger partial charge in [-0.05, 0) is 61.0 Å². The minimum atomic E-state index is -1.21. The number of carbonyl (C=O) groups excluding carboxylic acids is 2. The molecule has 7 heteroatoms. The van der Waals surface area contributed by atoms with Crippen LogP contribution >= 0.6 is 0 Å². The van der Waals surface area contributed by atoms with Crippen molar-refractivity contribution in [2.24, 2.45) is 0 Å². The Morgan fingerprint density at radius 1 is 0.969 bits per heavy atom. The number of amides is 1. The number of aryl methyl sites for hydroxylation is 1. The summed E-state index contributed by atoms with van der Waals surface area (Å²) >= 11 is 0. The molecule has 0 saturated carbocycles. The number of hydrogen-bond acceptors (Lipinski definition) is 4. The van der Waals surface area contributed by atoms with E-state index >= 15 is 0 Å². The summed E-state index contributed by atoms with van der Waals surface area (Å²) in [7, 11) is 1.49. The van der Waals surface area contributed by atoms with Crippen LogP contribution in [-0.4, -0.2) is 23.9 Å². The Bertz CT molecular complexity index is 1250. The van der Waals surface area contributed by atoms with Gasteiger partial charge >= 0.3 is 0 Å². The van der Waals surface area contributed by atoms with Gasteiger partial charge in [0.25, 0.3) is 11.7 Å². The Balaban J connectivity index is 1.95. The normalized spacial score (nSPS) is 17.6. The zero-order chi connectivity index (χ0) is 23.0. The maximum atomic E-state index is 14.8. The first-order valence-electron chi connectivity index (χ1n) is 9.79. The van der Waals surface area contributed by atoms with Gasteiger partial charge in [-0.2, -0.15) is 0 Å². The number of nitrogens with zero attached hydrogens (tertiary/aromatic N) is 1. The highest BCUT2D eigenvalue weighted by Gasteiger charge is 2.47. The second-order valence-electron chi connectivity index (χ2n) is 7.35. The van der Waals surface area contributed by atoms with Crippen LogP contribution in [0.15, 0.2) is 72.3 Å². The molecule has 1 atom stereocenters. The molecule has 0 bridgehead atoms. The predicted octanol–water partition coefficient (Wildman–Crippen LogP) is 4.91. The number of Topliss-reactive ketones (excluding diaryl/α,β-unsaturated/α-hetero) is 1. The molecule has 3 aromatic carbocycles. The maximum absolute atomic E-state index is 14.8. The summed E-state index contributed by atoms with van der Waals surface area (Å²) in [6.45, 7) is 1.51. The molecule has 1 aliphatic rings. The number of carbonyl (C=O) groups is 2. The van der Waals surface area contributed by atoms with E-state index in [1.54, 1.807) is 30.3 Å². The fourth-order valence-corrected chi connectivity index (χ4v) is 3.78. The smallest absolute Gasteiger partial charge is 0.300 e. The number of benzene rings is 3. The molecule has 5 nitrogen and oxygen atoms in total. The molecule has 1 N–H and O–H groups in total. The van der Waals surface area contributed by atoms with Gasteiger partial charge < -0.3 is 9.84 Å². The summed E-state index contributed by atoms with van der Waals surface area (Å²) in [4.78, 5) is 27.2. The fraction of sp³-hybridized carbons (Fsp3) is 0.120. The second kappa shape index (κ2) is 8.26. The lowest BCUT2D eigenvalue weighted by atomic mass is 9.94. The van der Waals surface area contributed by atoms with E-state index in [0.29, 0.717) is 11.4 Å². The number of halogens is 2. The van der Waals surface area contributed by atoms with Crippen molar-refractivity contribution in [3.05, 3.63) is 101 Å². The first-order valence-corrected chi connectivity index (χ1v) is 9.79. The third kappa shape index (κ3) is 3.51. The second-order valence-corrected chi connectivity index (χ2v) is 7.35. The molecule has 1 heterocycles. The van der Waals surface area contributed by atoms with Crippen LogP contribution in [0, 0.1) is 18.6 Å². The highest BCUT2D eigenvalue weighted by atomic mass is 19.1. The van der Waals surface area contributed by atoms with Gasteiger partial charge in [-0.25, -0.2) is 8.78 Å². The van der Waals surface area contributed by atoms with Crippen molar-refractivity contribution >= 4 is 23.1 Å². The molecule has 0 spiro atoms. The van der Waals surface area contributed by atoms with Crippen LogP contribution < -0.4 is 9.64 Å². The molecular formula is C25H19F2NO4. The van der Waals surface area contributed by atoms with Crippen LogP contribution in [0.5, 0.6) is 5.75 Å². The van der Waals surface area contributed by atoms with E-state index in [0.717, 1.165) is 11.0 Å². The minimum Gasteiger partial charge on any atom is -0.507 e. The van der Waals surface area contributed by atoms with Crippen molar-refractivity contribution in [1.82, 2.24) is 0 Å². The number of methoxy groups -OCH3 is 1. The number of aliphatic hydroxyl groups is 1. The average Bonchev–Trinajstić information content (AvgIpc) is 3.06. The largest absolute Gasteiger partial charge is 0.507 e.